The van der Waals surface area contributed by atoms with Gasteiger partial charge in [0.15, 0.2) is 0 Å². The van der Waals surface area contributed by atoms with E-state index in [0.29, 0.717) is 5.69 Å². The molecule has 1 aromatic rings. The first-order chi connectivity index (χ1) is 10.2. The highest BCUT2D eigenvalue weighted by Crippen LogP contribution is 2.39. The summed E-state index contributed by atoms with van der Waals surface area (Å²) in [4.78, 5) is 33.3. The van der Waals surface area contributed by atoms with Crippen LogP contribution in [0.3, 0.4) is 0 Å². The second-order valence-corrected chi connectivity index (χ2v) is 7.21. The lowest BCUT2D eigenvalue weighted by atomic mass is 10.1. The van der Waals surface area contributed by atoms with Gasteiger partial charge in [0.05, 0.1) is 17.2 Å². The number of rotatable bonds is 4. The zero-order valence-corrected chi connectivity index (χ0v) is 13.7. The number of nitrogens with one attached hydrogen (secondary N) is 1. The van der Waals surface area contributed by atoms with Gasteiger partial charge < -0.3 is 20.2 Å². The van der Waals surface area contributed by atoms with Gasteiger partial charge in [0.25, 0.3) is 5.91 Å². The maximum absolute atomic E-state index is 11.7. The van der Waals surface area contributed by atoms with Gasteiger partial charge >= 0.3 is 7.82 Å². The Labute approximate surface area is 134 Å². The molecule has 2 rings (SSSR count). The number of pyridine rings is 1. The first-order valence-electron chi connectivity index (χ1n) is 5.80. The molecule has 0 bridgehead atoms. The fourth-order valence-electron chi connectivity index (χ4n) is 1.63. The van der Waals surface area contributed by atoms with Crippen molar-refractivity contribution in [3.63, 3.8) is 0 Å². The number of aromatic hydroxyl groups is 1. The van der Waals surface area contributed by atoms with E-state index in [1.165, 1.54) is 12.3 Å². The summed E-state index contributed by atoms with van der Waals surface area (Å²) >= 11 is 5.89. The van der Waals surface area contributed by atoms with Crippen molar-refractivity contribution < 1.29 is 28.8 Å². The number of phosphoric ester groups is 1. The number of carbonyl (C=O) groups is 1. The van der Waals surface area contributed by atoms with Crippen molar-refractivity contribution >= 4 is 48.1 Å². The van der Waals surface area contributed by atoms with Crippen molar-refractivity contribution in [2.24, 2.45) is 0 Å². The van der Waals surface area contributed by atoms with Crippen LogP contribution < -0.4 is 5.32 Å². The van der Waals surface area contributed by atoms with Gasteiger partial charge in [-0.3, -0.25) is 14.3 Å². The molecule has 1 aromatic heterocycles. The number of amides is 1. The number of phosphoric acid groups is 1. The smallest absolute Gasteiger partial charge is 0.469 e. The monoisotopic (exact) mass is 362 g/mol. The minimum Gasteiger partial charge on any atom is -0.505 e. The van der Waals surface area contributed by atoms with Crippen molar-refractivity contribution in [3.8, 4) is 5.75 Å². The Morgan fingerprint density at radius 1 is 1.55 bits per heavy atom. The van der Waals surface area contributed by atoms with E-state index in [1.54, 1.807) is 6.92 Å². The van der Waals surface area contributed by atoms with Crippen LogP contribution in [0.15, 0.2) is 11.1 Å². The lowest BCUT2D eigenvalue weighted by Gasteiger charge is -2.11. The summed E-state index contributed by atoms with van der Waals surface area (Å²) in [5.41, 5.74) is 0.728. The van der Waals surface area contributed by atoms with E-state index in [9.17, 15) is 14.5 Å². The van der Waals surface area contributed by atoms with Crippen molar-refractivity contribution in [1.82, 2.24) is 10.3 Å². The van der Waals surface area contributed by atoms with Gasteiger partial charge in [-0.25, -0.2) is 4.57 Å². The molecule has 1 saturated heterocycles. The van der Waals surface area contributed by atoms with E-state index < -0.39 is 20.3 Å². The molecule has 0 spiro atoms. The lowest BCUT2D eigenvalue weighted by Crippen LogP contribution is -2.17. The van der Waals surface area contributed by atoms with Crippen molar-refractivity contribution in [2.45, 2.75) is 13.5 Å². The quantitative estimate of drug-likeness (QED) is 0.354. The first-order valence-corrected chi connectivity index (χ1v) is 8.55. The predicted octanol–water partition coefficient (Wildman–Crippen LogP) is 1.19. The minimum atomic E-state index is -4.67. The average Bonchev–Trinajstić information content (AvgIpc) is 2.71. The molecule has 8 nitrogen and oxygen atoms in total. The van der Waals surface area contributed by atoms with E-state index >= 15 is 0 Å². The summed E-state index contributed by atoms with van der Waals surface area (Å²) in [5, 5.41) is 12.5. The van der Waals surface area contributed by atoms with E-state index in [4.69, 9.17) is 22.0 Å². The molecule has 0 radical (unpaired) electrons. The van der Waals surface area contributed by atoms with E-state index in [2.05, 4.69) is 14.8 Å². The Morgan fingerprint density at radius 2 is 2.23 bits per heavy atom. The van der Waals surface area contributed by atoms with Crippen LogP contribution in [0.1, 0.15) is 16.8 Å². The molecule has 0 atom stereocenters. The summed E-state index contributed by atoms with van der Waals surface area (Å²) in [6.07, 6.45) is 2.69. The normalized spacial score (nSPS) is 17.1. The minimum absolute atomic E-state index is 0.198. The molecule has 1 aliphatic heterocycles. The average molecular weight is 362 g/mol. The number of carbonyl (C=O) groups excluding carboxylic acids is 1. The van der Waals surface area contributed by atoms with Gasteiger partial charge in [-0.1, -0.05) is 24.0 Å². The van der Waals surface area contributed by atoms with Crippen LogP contribution in [-0.4, -0.2) is 30.1 Å². The second kappa shape index (κ2) is 6.45. The maximum Gasteiger partial charge on any atom is 0.469 e. The Balaban J connectivity index is 2.42. The molecule has 0 aliphatic carbocycles. The number of thioether (sulfide) groups is 1. The molecule has 1 amide bonds. The molecule has 2 heterocycles. The van der Waals surface area contributed by atoms with Crippen LogP contribution in [0.2, 0.25) is 0 Å². The zero-order valence-electron chi connectivity index (χ0n) is 11.1. The number of hydrogen-bond donors (Lipinski definition) is 4. The molecule has 1 fully saturated rings. The number of aryl methyl sites for hydroxylation is 1. The third-order valence-electron chi connectivity index (χ3n) is 2.66. The standard InChI is InChI=1S/C11H11N2O6PS2/c1-5-9(14)7(2-8-10(15)13-11(21)22-8)6(3-12-5)4-19-20(16,17)18/h2-3,14H,4H2,1H3,(H,13,15,21)(H2,16,17,18). The Hall–Kier alpha value is -1.29. The Bertz CT molecular complexity index is 730. The summed E-state index contributed by atoms with van der Waals surface area (Å²) < 4.78 is 15.5. The molecule has 1 aliphatic rings. The predicted molar refractivity (Wildman–Crippen MR) is 83.8 cm³/mol. The first kappa shape index (κ1) is 17.1. The summed E-state index contributed by atoms with van der Waals surface area (Å²) in [6, 6.07) is 0. The van der Waals surface area contributed by atoms with E-state index in [-0.39, 0.29) is 26.1 Å². The van der Waals surface area contributed by atoms with Crippen molar-refractivity contribution in [3.05, 3.63) is 27.9 Å². The molecule has 4 N–H and O–H groups in total. The van der Waals surface area contributed by atoms with Crippen LogP contribution in [-0.2, 0) is 20.5 Å². The Morgan fingerprint density at radius 3 is 2.77 bits per heavy atom. The topological polar surface area (TPSA) is 129 Å². The van der Waals surface area contributed by atoms with Crippen LogP contribution in [0.25, 0.3) is 6.08 Å². The number of nitrogens with zero attached hydrogens (tertiary/aromatic N) is 1. The largest absolute Gasteiger partial charge is 0.505 e. The van der Waals surface area contributed by atoms with Gasteiger partial charge in [-0.05, 0) is 13.0 Å². The Kier molecular flexibility index (Phi) is 5.00. The second-order valence-electron chi connectivity index (χ2n) is 4.25. The number of hydrogen-bond acceptors (Lipinski definition) is 7. The van der Waals surface area contributed by atoms with Gasteiger partial charge in [0.1, 0.15) is 10.1 Å². The van der Waals surface area contributed by atoms with Gasteiger partial charge in [0, 0.05) is 17.3 Å². The molecular weight excluding hydrogens is 351 g/mol. The van der Waals surface area contributed by atoms with Crippen LogP contribution in [0, 0.1) is 6.92 Å². The highest BCUT2D eigenvalue weighted by molar-refractivity contribution is 8.26. The van der Waals surface area contributed by atoms with Gasteiger partial charge in [0.2, 0.25) is 0 Å². The van der Waals surface area contributed by atoms with Crippen LogP contribution in [0.4, 0.5) is 0 Å². The summed E-state index contributed by atoms with van der Waals surface area (Å²) in [7, 11) is -4.67. The lowest BCUT2D eigenvalue weighted by molar-refractivity contribution is -0.115. The van der Waals surface area contributed by atoms with Crippen molar-refractivity contribution in [1.29, 1.82) is 0 Å². The highest BCUT2D eigenvalue weighted by Gasteiger charge is 2.24. The zero-order chi connectivity index (χ0) is 16.5. The molecule has 0 saturated carbocycles. The molecular formula is C11H11N2O6PS2. The highest BCUT2D eigenvalue weighted by atomic mass is 32.2. The van der Waals surface area contributed by atoms with Gasteiger partial charge in [-0.15, -0.1) is 0 Å². The number of aromatic nitrogens is 1. The fourth-order valence-corrected chi connectivity index (χ4v) is 2.97. The summed E-state index contributed by atoms with van der Waals surface area (Å²) in [6.45, 7) is 1.08. The van der Waals surface area contributed by atoms with E-state index in [1.807, 2.05) is 0 Å². The van der Waals surface area contributed by atoms with Crippen molar-refractivity contribution in [2.75, 3.05) is 0 Å². The third kappa shape index (κ3) is 4.13. The number of thiocarbonyl (C=S) groups is 1. The molecule has 0 aromatic carbocycles. The third-order valence-corrected chi connectivity index (χ3v) is 4.29. The fraction of sp³-hybridized carbons (Fsp3) is 0.182. The SMILES string of the molecule is Cc1ncc(COP(=O)(O)O)c(C=C2SC(=S)NC2=O)c1O. The van der Waals surface area contributed by atoms with Gasteiger partial charge in [-0.2, -0.15) is 0 Å². The maximum atomic E-state index is 11.7. The molecule has 22 heavy (non-hydrogen) atoms. The van der Waals surface area contributed by atoms with Crippen LogP contribution in [0.5, 0.6) is 5.75 Å². The van der Waals surface area contributed by atoms with E-state index in [0.717, 1.165) is 11.8 Å². The molecule has 118 valence electrons. The molecule has 11 heteroatoms. The van der Waals surface area contributed by atoms with Crippen LogP contribution >= 0.6 is 31.8 Å². The summed E-state index contributed by atoms with van der Waals surface area (Å²) in [5.74, 6) is -0.615. The molecule has 0 unspecified atom stereocenters.